The lowest BCUT2D eigenvalue weighted by Gasteiger charge is -2.06. The number of nitrogens with one attached hydrogen (secondary N) is 3. The fourth-order valence-corrected chi connectivity index (χ4v) is 2.83. The zero-order chi connectivity index (χ0) is 19.2. The first-order chi connectivity index (χ1) is 13.1. The number of nitrogen functional groups attached to an aromatic ring is 1. The molecular weight excluding hydrogens is 338 g/mol. The van der Waals surface area contributed by atoms with Crippen LogP contribution >= 0.6 is 0 Å². The average molecular weight is 359 g/mol. The molecule has 0 atom stereocenters. The van der Waals surface area contributed by atoms with Gasteiger partial charge in [-0.3, -0.25) is 10.2 Å². The van der Waals surface area contributed by atoms with Crippen LogP contribution in [0.25, 0.3) is 10.9 Å². The second kappa shape index (κ2) is 8.21. The van der Waals surface area contributed by atoms with Crippen LogP contribution in [0, 0.1) is 17.3 Å². The highest BCUT2D eigenvalue weighted by Crippen LogP contribution is 2.19. The lowest BCUT2D eigenvalue weighted by atomic mass is 10.1. The molecule has 1 heterocycles. The number of aromatic nitrogens is 1. The Labute approximate surface area is 157 Å². The number of H-pyrrole nitrogens is 1. The number of fused-ring (bicyclic) bond motifs is 1. The van der Waals surface area contributed by atoms with Gasteiger partial charge in [0, 0.05) is 40.3 Å². The zero-order valence-corrected chi connectivity index (χ0v) is 14.8. The van der Waals surface area contributed by atoms with E-state index in [0.717, 1.165) is 22.0 Å². The van der Waals surface area contributed by atoms with Gasteiger partial charge in [0.05, 0.1) is 6.54 Å². The zero-order valence-electron chi connectivity index (χ0n) is 14.8. The van der Waals surface area contributed by atoms with E-state index in [1.807, 2.05) is 18.2 Å². The molecule has 0 aliphatic heterocycles. The van der Waals surface area contributed by atoms with E-state index in [0.29, 0.717) is 30.6 Å². The van der Waals surface area contributed by atoms with Crippen molar-refractivity contribution in [2.75, 3.05) is 13.1 Å². The summed E-state index contributed by atoms with van der Waals surface area (Å²) in [5.74, 6) is 5.62. The topological polar surface area (TPSA) is 121 Å². The van der Waals surface area contributed by atoms with E-state index >= 15 is 0 Å². The van der Waals surface area contributed by atoms with Crippen molar-refractivity contribution in [1.82, 2.24) is 10.3 Å². The lowest BCUT2D eigenvalue weighted by Crippen LogP contribution is -2.25. The normalized spacial score (nSPS) is 10.3. The van der Waals surface area contributed by atoms with Crippen molar-refractivity contribution >= 4 is 22.6 Å². The third kappa shape index (κ3) is 4.35. The molecule has 0 saturated carbocycles. The molecule has 6 heteroatoms. The summed E-state index contributed by atoms with van der Waals surface area (Å²) >= 11 is 0. The van der Waals surface area contributed by atoms with Crippen LogP contribution in [0.4, 0.5) is 0 Å². The van der Waals surface area contributed by atoms with Crippen LogP contribution in [-0.2, 0) is 6.42 Å². The molecule has 6 nitrogen and oxygen atoms in total. The SMILES string of the molecule is N=C(N)c1c[nH]c2ccc(CCNC(=O)c3ccc(C#CCN)cc3)cc12. The van der Waals surface area contributed by atoms with Gasteiger partial charge >= 0.3 is 0 Å². The molecule has 3 rings (SSSR count). The number of amidine groups is 1. The molecule has 0 spiro atoms. The van der Waals surface area contributed by atoms with Gasteiger partial charge < -0.3 is 21.8 Å². The molecule has 1 amide bonds. The van der Waals surface area contributed by atoms with E-state index in [9.17, 15) is 4.79 Å². The quantitative estimate of drug-likeness (QED) is 0.271. The molecule has 1 aromatic heterocycles. The fraction of sp³-hybridized carbons (Fsp3) is 0.143. The van der Waals surface area contributed by atoms with E-state index in [-0.39, 0.29) is 11.7 Å². The Morgan fingerprint density at radius 1 is 1.19 bits per heavy atom. The van der Waals surface area contributed by atoms with Crippen LogP contribution in [0.1, 0.15) is 27.0 Å². The highest BCUT2D eigenvalue weighted by molar-refractivity contribution is 6.07. The Kier molecular flexibility index (Phi) is 5.55. The molecule has 0 unspecified atom stereocenters. The third-order valence-corrected chi connectivity index (χ3v) is 4.22. The fourth-order valence-electron chi connectivity index (χ4n) is 2.83. The molecule has 0 bridgehead atoms. The number of amides is 1. The highest BCUT2D eigenvalue weighted by Gasteiger charge is 2.08. The summed E-state index contributed by atoms with van der Waals surface area (Å²) in [4.78, 5) is 15.4. The summed E-state index contributed by atoms with van der Waals surface area (Å²) < 4.78 is 0. The van der Waals surface area contributed by atoms with E-state index in [4.69, 9.17) is 16.9 Å². The summed E-state index contributed by atoms with van der Waals surface area (Å²) in [5, 5.41) is 11.5. The summed E-state index contributed by atoms with van der Waals surface area (Å²) in [6, 6.07) is 13.1. The Morgan fingerprint density at radius 2 is 1.96 bits per heavy atom. The van der Waals surface area contributed by atoms with E-state index < -0.39 is 0 Å². The molecule has 136 valence electrons. The van der Waals surface area contributed by atoms with Crippen LogP contribution in [0.5, 0.6) is 0 Å². The number of nitrogens with two attached hydrogens (primary N) is 2. The minimum Gasteiger partial charge on any atom is -0.384 e. The molecule has 0 aliphatic carbocycles. The van der Waals surface area contributed by atoms with Gasteiger partial charge in [-0.1, -0.05) is 17.9 Å². The first-order valence-corrected chi connectivity index (χ1v) is 8.60. The Balaban J connectivity index is 1.60. The van der Waals surface area contributed by atoms with E-state index in [2.05, 4.69) is 22.1 Å². The van der Waals surface area contributed by atoms with Gasteiger partial charge in [-0.05, 0) is 48.4 Å². The largest absolute Gasteiger partial charge is 0.384 e. The lowest BCUT2D eigenvalue weighted by molar-refractivity contribution is 0.0954. The Bertz CT molecular complexity index is 1040. The first-order valence-electron chi connectivity index (χ1n) is 8.60. The Morgan fingerprint density at radius 3 is 2.67 bits per heavy atom. The van der Waals surface area contributed by atoms with Crippen molar-refractivity contribution in [2.45, 2.75) is 6.42 Å². The third-order valence-electron chi connectivity index (χ3n) is 4.22. The summed E-state index contributed by atoms with van der Waals surface area (Å²) in [5.41, 5.74) is 15.1. The van der Waals surface area contributed by atoms with Crippen LogP contribution in [0.3, 0.4) is 0 Å². The minimum atomic E-state index is -0.125. The standard InChI is InChI=1S/C21H21N5O/c22-10-1-2-14-3-6-16(7-4-14)21(27)25-11-9-15-5-8-19-17(12-15)18(13-26-19)20(23)24/h3-8,12-13,26H,9-11,22H2,(H3,23,24)(H,25,27). The molecule has 0 aliphatic rings. The summed E-state index contributed by atoms with van der Waals surface area (Å²) in [6.45, 7) is 0.823. The van der Waals surface area contributed by atoms with Crippen molar-refractivity contribution in [2.24, 2.45) is 11.5 Å². The smallest absolute Gasteiger partial charge is 0.251 e. The van der Waals surface area contributed by atoms with E-state index in [1.54, 1.807) is 30.5 Å². The molecule has 0 fully saturated rings. The van der Waals surface area contributed by atoms with Gasteiger partial charge in [0.2, 0.25) is 0 Å². The first kappa shape index (κ1) is 18.2. The molecular formula is C21H21N5O. The molecule has 7 N–H and O–H groups in total. The van der Waals surface area contributed by atoms with Crippen molar-refractivity contribution in [3.63, 3.8) is 0 Å². The van der Waals surface area contributed by atoms with Gasteiger partial charge in [-0.2, -0.15) is 0 Å². The van der Waals surface area contributed by atoms with Crippen LogP contribution in [0.2, 0.25) is 0 Å². The van der Waals surface area contributed by atoms with E-state index in [1.165, 1.54) is 0 Å². The van der Waals surface area contributed by atoms with Gasteiger partial charge in [0.15, 0.2) is 0 Å². The predicted octanol–water partition coefficient (Wildman–Crippen LogP) is 1.73. The van der Waals surface area contributed by atoms with Crippen molar-refractivity contribution in [3.8, 4) is 11.8 Å². The molecule has 2 aromatic carbocycles. The molecule has 27 heavy (non-hydrogen) atoms. The van der Waals surface area contributed by atoms with Crippen molar-refractivity contribution < 1.29 is 4.79 Å². The number of rotatable bonds is 5. The summed E-state index contributed by atoms with van der Waals surface area (Å²) in [7, 11) is 0. The number of benzene rings is 2. The summed E-state index contributed by atoms with van der Waals surface area (Å²) in [6.07, 6.45) is 2.42. The van der Waals surface area contributed by atoms with Gasteiger partial charge in [0.25, 0.3) is 5.91 Å². The van der Waals surface area contributed by atoms with Crippen LogP contribution in [0.15, 0.2) is 48.7 Å². The van der Waals surface area contributed by atoms with Gasteiger partial charge in [-0.15, -0.1) is 0 Å². The number of carbonyl (C=O) groups excluding carboxylic acids is 1. The Hall–Kier alpha value is -3.56. The number of hydrogen-bond donors (Lipinski definition) is 5. The molecule has 0 saturated heterocycles. The van der Waals surface area contributed by atoms with Crippen LogP contribution in [-0.4, -0.2) is 29.8 Å². The maximum atomic E-state index is 12.3. The van der Waals surface area contributed by atoms with Crippen LogP contribution < -0.4 is 16.8 Å². The monoisotopic (exact) mass is 359 g/mol. The average Bonchev–Trinajstić information content (AvgIpc) is 3.10. The molecule has 3 aromatic rings. The van der Waals surface area contributed by atoms with Gasteiger partial charge in [-0.25, -0.2) is 0 Å². The second-order valence-corrected chi connectivity index (χ2v) is 6.09. The van der Waals surface area contributed by atoms with Crippen molar-refractivity contribution in [3.05, 3.63) is 70.9 Å². The number of carbonyl (C=O) groups is 1. The minimum absolute atomic E-state index is 0.0336. The maximum absolute atomic E-state index is 12.3. The predicted molar refractivity (Wildman–Crippen MR) is 108 cm³/mol. The number of aromatic amines is 1. The van der Waals surface area contributed by atoms with Gasteiger partial charge in [0.1, 0.15) is 5.84 Å². The maximum Gasteiger partial charge on any atom is 0.251 e. The number of hydrogen-bond acceptors (Lipinski definition) is 3. The second-order valence-electron chi connectivity index (χ2n) is 6.09. The highest BCUT2D eigenvalue weighted by atomic mass is 16.1. The molecule has 0 radical (unpaired) electrons. The van der Waals surface area contributed by atoms with Crippen molar-refractivity contribution in [1.29, 1.82) is 5.41 Å².